The van der Waals surface area contributed by atoms with E-state index >= 15 is 0 Å². The van der Waals surface area contributed by atoms with Gasteiger partial charge in [-0.2, -0.15) is 5.10 Å². The SMILES string of the molecule is CCn1nc(C)cc1CC(N)Cc1ccncc1. The zero-order chi connectivity index (χ0) is 13.0. The fourth-order valence-electron chi connectivity index (χ4n) is 2.20. The average Bonchev–Trinajstić information content (AvgIpc) is 2.70. The number of aromatic nitrogens is 3. The standard InChI is InChI=1S/C14H20N4/c1-3-18-14(8-11(2)17-18)10-13(15)9-12-4-6-16-7-5-12/h4-8,13H,3,9-10,15H2,1-2H3. The molecule has 18 heavy (non-hydrogen) atoms. The molecule has 0 fully saturated rings. The molecule has 0 saturated heterocycles. The van der Waals surface area contributed by atoms with Crippen LogP contribution in [0.2, 0.25) is 0 Å². The minimum Gasteiger partial charge on any atom is -0.327 e. The molecule has 1 atom stereocenters. The summed E-state index contributed by atoms with van der Waals surface area (Å²) in [5.74, 6) is 0. The molecule has 2 heterocycles. The van der Waals surface area contributed by atoms with Crippen molar-refractivity contribution in [2.75, 3.05) is 0 Å². The second-order valence-corrected chi connectivity index (χ2v) is 4.62. The zero-order valence-electron chi connectivity index (χ0n) is 11.0. The van der Waals surface area contributed by atoms with Gasteiger partial charge < -0.3 is 5.73 Å². The van der Waals surface area contributed by atoms with Crippen LogP contribution in [0.1, 0.15) is 23.9 Å². The van der Waals surface area contributed by atoms with E-state index in [0.29, 0.717) is 0 Å². The van der Waals surface area contributed by atoms with Gasteiger partial charge in [-0.3, -0.25) is 9.67 Å². The molecule has 0 bridgehead atoms. The summed E-state index contributed by atoms with van der Waals surface area (Å²) in [5.41, 5.74) is 9.72. The summed E-state index contributed by atoms with van der Waals surface area (Å²) in [7, 11) is 0. The van der Waals surface area contributed by atoms with Gasteiger partial charge in [0, 0.05) is 37.1 Å². The maximum Gasteiger partial charge on any atom is 0.0596 e. The first-order valence-corrected chi connectivity index (χ1v) is 6.37. The number of aryl methyl sites for hydroxylation is 2. The van der Waals surface area contributed by atoms with Crippen LogP contribution < -0.4 is 5.73 Å². The van der Waals surface area contributed by atoms with E-state index in [1.807, 2.05) is 36.1 Å². The summed E-state index contributed by atoms with van der Waals surface area (Å²) in [4.78, 5) is 4.01. The van der Waals surface area contributed by atoms with Crippen LogP contribution in [0.5, 0.6) is 0 Å². The molecule has 0 spiro atoms. The summed E-state index contributed by atoms with van der Waals surface area (Å²) >= 11 is 0. The van der Waals surface area contributed by atoms with E-state index in [0.717, 1.165) is 25.1 Å². The van der Waals surface area contributed by atoms with Gasteiger partial charge in [0.1, 0.15) is 0 Å². The average molecular weight is 244 g/mol. The molecule has 0 saturated carbocycles. The smallest absolute Gasteiger partial charge is 0.0596 e. The second kappa shape index (κ2) is 5.78. The lowest BCUT2D eigenvalue weighted by Gasteiger charge is -2.12. The molecule has 0 aromatic carbocycles. The Hall–Kier alpha value is -1.68. The number of nitrogens with two attached hydrogens (primary N) is 1. The quantitative estimate of drug-likeness (QED) is 0.871. The predicted molar refractivity (Wildman–Crippen MR) is 72.3 cm³/mol. The van der Waals surface area contributed by atoms with Crippen molar-refractivity contribution in [3.63, 3.8) is 0 Å². The molecule has 2 N–H and O–H groups in total. The molecule has 0 amide bonds. The van der Waals surface area contributed by atoms with Crippen molar-refractivity contribution in [3.05, 3.63) is 47.5 Å². The zero-order valence-corrected chi connectivity index (χ0v) is 11.0. The lowest BCUT2D eigenvalue weighted by molar-refractivity contribution is 0.574. The molecule has 0 aliphatic rings. The Morgan fingerprint density at radius 3 is 2.67 bits per heavy atom. The summed E-state index contributed by atoms with van der Waals surface area (Å²) in [6.07, 6.45) is 5.35. The van der Waals surface area contributed by atoms with Gasteiger partial charge in [-0.05, 0) is 44.0 Å². The second-order valence-electron chi connectivity index (χ2n) is 4.62. The summed E-state index contributed by atoms with van der Waals surface area (Å²) < 4.78 is 2.03. The third kappa shape index (κ3) is 3.17. The lowest BCUT2D eigenvalue weighted by Crippen LogP contribution is -2.26. The third-order valence-corrected chi connectivity index (χ3v) is 3.00. The predicted octanol–water partition coefficient (Wildman–Crippen LogP) is 1.72. The van der Waals surface area contributed by atoms with Crippen LogP contribution in [0.3, 0.4) is 0 Å². The van der Waals surface area contributed by atoms with E-state index in [1.54, 1.807) is 0 Å². The highest BCUT2D eigenvalue weighted by molar-refractivity contribution is 5.14. The first-order valence-electron chi connectivity index (χ1n) is 6.37. The number of hydrogen-bond acceptors (Lipinski definition) is 3. The Morgan fingerprint density at radius 1 is 1.28 bits per heavy atom. The van der Waals surface area contributed by atoms with Gasteiger partial charge >= 0.3 is 0 Å². The first-order chi connectivity index (χ1) is 8.69. The molecular weight excluding hydrogens is 224 g/mol. The van der Waals surface area contributed by atoms with Crippen LogP contribution in [0.4, 0.5) is 0 Å². The molecule has 1 unspecified atom stereocenters. The van der Waals surface area contributed by atoms with Crippen LogP contribution in [-0.4, -0.2) is 20.8 Å². The van der Waals surface area contributed by atoms with Gasteiger partial charge in [0.15, 0.2) is 0 Å². The van der Waals surface area contributed by atoms with Crippen LogP contribution in [-0.2, 0) is 19.4 Å². The molecule has 0 aliphatic heterocycles. The van der Waals surface area contributed by atoms with Gasteiger partial charge in [0.2, 0.25) is 0 Å². The van der Waals surface area contributed by atoms with Gasteiger partial charge in [0.05, 0.1) is 5.69 Å². The van der Waals surface area contributed by atoms with E-state index in [4.69, 9.17) is 5.73 Å². The molecule has 2 aromatic heterocycles. The number of nitrogens with zero attached hydrogens (tertiary/aromatic N) is 3. The maximum atomic E-state index is 6.21. The summed E-state index contributed by atoms with van der Waals surface area (Å²) in [6, 6.07) is 6.27. The van der Waals surface area contributed by atoms with Gasteiger partial charge in [-0.1, -0.05) is 0 Å². The van der Waals surface area contributed by atoms with E-state index in [-0.39, 0.29) is 6.04 Å². The normalized spacial score (nSPS) is 12.6. The van der Waals surface area contributed by atoms with Crippen molar-refractivity contribution >= 4 is 0 Å². The van der Waals surface area contributed by atoms with Gasteiger partial charge in [-0.25, -0.2) is 0 Å². The number of hydrogen-bond donors (Lipinski definition) is 1. The van der Waals surface area contributed by atoms with Crippen LogP contribution in [0.15, 0.2) is 30.6 Å². The van der Waals surface area contributed by atoms with Gasteiger partial charge in [-0.15, -0.1) is 0 Å². The van der Waals surface area contributed by atoms with Crippen molar-refractivity contribution in [1.82, 2.24) is 14.8 Å². The lowest BCUT2D eigenvalue weighted by atomic mass is 10.0. The van der Waals surface area contributed by atoms with E-state index < -0.39 is 0 Å². The Bertz CT molecular complexity index is 490. The monoisotopic (exact) mass is 244 g/mol. The molecule has 4 nitrogen and oxygen atoms in total. The molecule has 4 heteroatoms. The number of rotatable bonds is 5. The van der Waals surface area contributed by atoms with Crippen molar-refractivity contribution < 1.29 is 0 Å². The fraction of sp³-hybridized carbons (Fsp3) is 0.429. The number of pyridine rings is 1. The Kier molecular flexibility index (Phi) is 4.10. The highest BCUT2D eigenvalue weighted by atomic mass is 15.3. The van der Waals surface area contributed by atoms with Crippen molar-refractivity contribution in [3.8, 4) is 0 Å². The van der Waals surface area contributed by atoms with E-state index in [1.165, 1.54) is 11.3 Å². The third-order valence-electron chi connectivity index (χ3n) is 3.00. The van der Waals surface area contributed by atoms with Crippen molar-refractivity contribution in [2.45, 2.75) is 39.3 Å². The van der Waals surface area contributed by atoms with Crippen LogP contribution in [0.25, 0.3) is 0 Å². The Labute approximate surface area is 108 Å². The fourth-order valence-corrected chi connectivity index (χ4v) is 2.20. The minimum absolute atomic E-state index is 0.119. The van der Waals surface area contributed by atoms with Crippen molar-refractivity contribution in [1.29, 1.82) is 0 Å². The largest absolute Gasteiger partial charge is 0.327 e. The van der Waals surface area contributed by atoms with Crippen LogP contribution >= 0.6 is 0 Å². The molecule has 0 aliphatic carbocycles. The highest BCUT2D eigenvalue weighted by Crippen LogP contribution is 2.09. The summed E-state index contributed by atoms with van der Waals surface area (Å²) in [6.45, 7) is 5.01. The molecule has 2 rings (SSSR count). The van der Waals surface area contributed by atoms with E-state index in [2.05, 4.69) is 23.1 Å². The van der Waals surface area contributed by atoms with Crippen molar-refractivity contribution in [2.24, 2.45) is 5.73 Å². The maximum absolute atomic E-state index is 6.21. The summed E-state index contributed by atoms with van der Waals surface area (Å²) in [5, 5.41) is 4.44. The topological polar surface area (TPSA) is 56.7 Å². The molecule has 0 radical (unpaired) electrons. The first kappa shape index (κ1) is 12.8. The molecule has 2 aromatic rings. The molecular formula is C14H20N4. The Morgan fingerprint density at radius 2 is 2.00 bits per heavy atom. The van der Waals surface area contributed by atoms with Crippen LogP contribution in [0, 0.1) is 6.92 Å². The molecule has 96 valence electrons. The Balaban J connectivity index is 2.00. The highest BCUT2D eigenvalue weighted by Gasteiger charge is 2.10. The minimum atomic E-state index is 0.119. The van der Waals surface area contributed by atoms with E-state index in [9.17, 15) is 0 Å². The van der Waals surface area contributed by atoms with Gasteiger partial charge in [0.25, 0.3) is 0 Å².